The Morgan fingerprint density at radius 3 is 2.61 bits per heavy atom. The van der Waals surface area contributed by atoms with E-state index in [0.29, 0.717) is 24.7 Å². The largest absolute Gasteiger partial charge is 0.486 e. The van der Waals surface area contributed by atoms with E-state index in [0.717, 1.165) is 4.31 Å². The molecule has 0 saturated carbocycles. The van der Waals surface area contributed by atoms with Gasteiger partial charge in [-0.1, -0.05) is 18.2 Å². The highest BCUT2D eigenvalue weighted by atomic mass is 32.2. The van der Waals surface area contributed by atoms with Crippen molar-refractivity contribution in [2.45, 2.75) is 11.8 Å². The number of carbonyl (C=O) groups is 1. The molecule has 8 heteroatoms. The number of hydrogen-bond donors (Lipinski definition) is 0. The Morgan fingerprint density at radius 2 is 1.89 bits per heavy atom. The monoisotopic (exact) mass is 403 g/mol. The third-order valence-electron chi connectivity index (χ3n) is 4.06. The average Bonchev–Trinajstić information content (AvgIpc) is 2.71. The van der Waals surface area contributed by atoms with Gasteiger partial charge in [-0.25, -0.2) is 13.2 Å². The van der Waals surface area contributed by atoms with Crippen LogP contribution in [0.1, 0.15) is 17.3 Å². The summed E-state index contributed by atoms with van der Waals surface area (Å²) in [4.78, 5) is 12.3. The molecule has 0 saturated heterocycles. The number of sulfonamides is 1. The molecule has 7 nitrogen and oxygen atoms in total. The van der Waals surface area contributed by atoms with E-state index in [4.69, 9.17) is 14.2 Å². The fraction of sp³-hybridized carbons (Fsp3) is 0.250. The van der Waals surface area contributed by atoms with Crippen LogP contribution in [0.25, 0.3) is 0 Å². The number of hydrogen-bond acceptors (Lipinski definition) is 6. The summed E-state index contributed by atoms with van der Waals surface area (Å²) in [6, 6.07) is 10.8. The van der Waals surface area contributed by atoms with Crippen LogP contribution in [-0.2, 0) is 14.8 Å². The van der Waals surface area contributed by atoms with Crippen molar-refractivity contribution in [2.75, 3.05) is 30.7 Å². The zero-order valence-electron chi connectivity index (χ0n) is 15.5. The topological polar surface area (TPSA) is 82.1 Å². The predicted molar refractivity (Wildman–Crippen MR) is 105 cm³/mol. The van der Waals surface area contributed by atoms with Gasteiger partial charge in [-0.2, -0.15) is 0 Å². The van der Waals surface area contributed by atoms with Crippen molar-refractivity contribution in [2.24, 2.45) is 0 Å². The van der Waals surface area contributed by atoms with Gasteiger partial charge in [0, 0.05) is 6.07 Å². The van der Waals surface area contributed by atoms with Crippen LogP contribution in [0.3, 0.4) is 0 Å². The van der Waals surface area contributed by atoms with Gasteiger partial charge in [0.15, 0.2) is 11.5 Å². The number of esters is 1. The van der Waals surface area contributed by atoms with E-state index in [1.165, 1.54) is 24.3 Å². The molecule has 0 aliphatic carbocycles. The van der Waals surface area contributed by atoms with E-state index in [1.807, 2.05) is 0 Å². The fourth-order valence-corrected chi connectivity index (χ4v) is 4.30. The number of nitrogens with zero attached hydrogens (tertiary/aromatic N) is 1. The molecule has 3 rings (SSSR count). The van der Waals surface area contributed by atoms with E-state index < -0.39 is 16.0 Å². The summed E-state index contributed by atoms with van der Waals surface area (Å²) < 4.78 is 43.9. The second-order valence-corrected chi connectivity index (χ2v) is 7.73. The van der Waals surface area contributed by atoms with Crippen molar-refractivity contribution in [1.82, 2.24) is 0 Å². The molecule has 1 heterocycles. The Kier molecular flexibility index (Phi) is 5.89. The van der Waals surface area contributed by atoms with Crippen LogP contribution < -0.4 is 13.8 Å². The standard InChI is InChI=1S/C20H21NO6S/c1-3-11-21(17-8-6-5-7-16(17)20(22)25-4-2)28(23,24)15-9-10-18-19(14-15)27-13-12-26-18/h3,5-10,14H,1,4,11-13H2,2H3. The minimum absolute atomic E-state index is 0.0206. The smallest absolute Gasteiger partial charge is 0.340 e. The first-order valence-electron chi connectivity index (χ1n) is 8.78. The molecule has 1 aliphatic heterocycles. The Balaban J connectivity index is 2.07. The Hall–Kier alpha value is -3.00. The van der Waals surface area contributed by atoms with E-state index in [-0.39, 0.29) is 29.3 Å². The number of para-hydroxylation sites is 1. The Labute approximate surface area is 164 Å². The molecule has 0 unspecified atom stereocenters. The minimum Gasteiger partial charge on any atom is -0.486 e. The molecule has 0 aromatic heterocycles. The van der Waals surface area contributed by atoms with Gasteiger partial charge in [0.25, 0.3) is 10.0 Å². The molecule has 1 aliphatic rings. The molecule has 28 heavy (non-hydrogen) atoms. The van der Waals surface area contributed by atoms with Gasteiger partial charge in [-0.3, -0.25) is 4.31 Å². The van der Waals surface area contributed by atoms with Crippen molar-refractivity contribution < 1.29 is 27.4 Å². The number of carbonyl (C=O) groups excluding carboxylic acids is 1. The lowest BCUT2D eigenvalue weighted by molar-refractivity contribution is 0.0527. The van der Waals surface area contributed by atoms with Gasteiger partial charge in [-0.15, -0.1) is 6.58 Å². The van der Waals surface area contributed by atoms with Crippen molar-refractivity contribution in [3.8, 4) is 11.5 Å². The van der Waals surface area contributed by atoms with Crippen LogP contribution in [0.5, 0.6) is 11.5 Å². The number of rotatable bonds is 7. The van der Waals surface area contributed by atoms with Crippen LogP contribution in [0, 0.1) is 0 Å². The second kappa shape index (κ2) is 8.35. The van der Waals surface area contributed by atoms with E-state index in [9.17, 15) is 13.2 Å². The quantitative estimate of drug-likeness (QED) is 0.522. The molecular weight excluding hydrogens is 382 g/mol. The normalized spacial score (nSPS) is 12.9. The van der Waals surface area contributed by atoms with Crippen LogP contribution in [0.2, 0.25) is 0 Å². The van der Waals surface area contributed by atoms with E-state index >= 15 is 0 Å². The summed E-state index contributed by atoms with van der Waals surface area (Å²) >= 11 is 0. The molecule has 0 amide bonds. The number of benzene rings is 2. The number of anilines is 1. The van der Waals surface area contributed by atoms with Crippen molar-refractivity contribution in [3.05, 3.63) is 60.7 Å². The van der Waals surface area contributed by atoms with Crippen LogP contribution in [-0.4, -0.2) is 40.8 Å². The highest BCUT2D eigenvalue weighted by Gasteiger charge is 2.29. The molecule has 0 radical (unpaired) electrons. The lowest BCUT2D eigenvalue weighted by atomic mass is 10.2. The summed E-state index contributed by atoms with van der Waals surface area (Å²) in [5.74, 6) is 0.265. The molecular formula is C20H21NO6S. The van der Waals surface area contributed by atoms with Crippen molar-refractivity contribution in [3.63, 3.8) is 0 Å². The first kappa shape index (κ1) is 19.8. The maximum atomic E-state index is 13.4. The van der Waals surface area contributed by atoms with Gasteiger partial charge in [-0.05, 0) is 31.2 Å². The fourth-order valence-electron chi connectivity index (χ4n) is 2.83. The maximum absolute atomic E-state index is 13.4. The van der Waals surface area contributed by atoms with Crippen molar-refractivity contribution >= 4 is 21.7 Å². The zero-order valence-corrected chi connectivity index (χ0v) is 16.3. The SMILES string of the molecule is C=CCN(c1ccccc1C(=O)OCC)S(=O)(=O)c1ccc2c(c1)OCCO2. The number of fused-ring (bicyclic) bond motifs is 1. The van der Waals surface area contributed by atoms with Gasteiger partial charge >= 0.3 is 5.97 Å². The zero-order chi connectivity index (χ0) is 20.1. The number of ether oxygens (including phenoxy) is 3. The molecule has 0 atom stereocenters. The second-order valence-electron chi connectivity index (χ2n) is 5.87. The Bertz CT molecular complexity index is 986. The van der Waals surface area contributed by atoms with E-state index in [1.54, 1.807) is 31.2 Å². The summed E-state index contributed by atoms with van der Waals surface area (Å²) in [5.41, 5.74) is 0.378. The average molecular weight is 403 g/mol. The van der Waals surface area contributed by atoms with Crippen LogP contribution in [0.4, 0.5) is 5.69 Å². The third-order valence-corrected chi connectivity index (χ3v) is 5.84. The Morgan fingerprint density at radius 1 is 1.18 bits per heavy atom. The molecule has 0 bridgehead atoms. The van der Waals surface area contributed by atoms with Gasteiger partial charge < -0.3 is 14.2 Å². The van der Waals surface area contributed by atoms with E-state index in [2.05, 4.69) is 6.58 Å². The summed E-state index contributed by atoms with van der Waals surface area (Å²) in [7, 11) is -4.00. The summed E-state index contributed by atoms with van der Waals surface area (Å²) in [6.07, 6.45) is 1.46. The molecule has 0 N–H and O–H groups in total. The highest BCUT2D eigenvalue weighted by molar-refractivity contribution is 7.92. The van der Waals surface area contributed by atoms with Crippen molar-refractivity contribution in [1.29, 1.82) is 0 Å². The summed E-state index contributed by atoms with van der Waals surface area (Å²) in [5, 5.41) is 0. The van der Waals surface area contributed by atoms with Gasteiger partial charge in [0.05, 0.1) is 29.3 Å². The molecule has 2 aromatic rings. The molecule has 0 spiro atoms. The lowest BCUT2D eigenvalue weighted by Gasteiger charge is -2.26. The lowest BCUT2D eigenvalue weighted by Crippen LogP contribution is -2.32. The first-order chi connectivity index (χ1) is 13.5. The third kappa shape index (κ3) is 3.82. The minimum atomic E-state index is -4.00. The summed E-state index contributed by atoms with van der Waals surface area (Å²) in [6.45, 7) is 6.26. The van der Waals surface area contributed by atoms with Gasteiger partial charge in [0.2, 0.25) is 0 Å². The molecule has 148 valence electrons. The maximum Gasteiger partial charge on any atom is 0.340 e. The first-order valence-corrected chi connectivity index (χ1v) is 10.2. The van der Waals surface area contributed by atoms with Crippen LogP contribution >= 0.6 is 0 Å². The highest BCUT2D eigenvalue weighted by Crippen LogP contribution is 2.35. The van der Waals surface area contributed by atoms with Crippen LogP contribution in [0.15, 0.2) is 60.0 Å². The van der Waals surface area contributed by atoms with Gasteiger partial charge in [0.1, 0.15) is 13.2 Å². The molecule has 0 fully saturated rings. The molecule has 2 aromatic carbocycles. The predicted octanol–water partition coefficient (Wildman–Crippen LogP) is 3.02.